The molecule has 3 amide bonds. The summed E-state index contributed by atoms with van der Waals surface area (Å²) in [4.78, 5) is 63.3. The molecule has 0 saturated carbocycles. The first-order valence-corrected chi connectivity index (χ1v) is 10.9. The van der Waals surface area contributed by atoms with Gasteiger partial charge < -0.3 is 48.5 Å². The van der Waals surface area contributed by atoms with E-state index >= 15 is 0 Å². The van der Waals surface area contributed by atoms with Crippen LogP contribution in [0.15, 0.2) is 4.99 Å². The van der Waals surface area contributed by atoms with Crippen molar-refractivity contribution in [3.63, 3.8) is 0 Å². The second-order valence-electron chi connectivity index (χ2n) is 7.35. The monoisotopic (exact) mass is 507 g/mol. The van der Waals surface area contributed by atoms with E-state index in [-0.39, 0.29) is 37.5 Å². The fourth-order valence-electron chi connectivity index (χ4n) is 2.52. The number of aliphatic imine (C=N–C) groups is 1. The van der Waals surface area contributed by atoms with E-state index in [2.05, 4.69) is 33.6 Å². The van der Waals surface area contributed by atoms with Crippen LogP contribution in [-0.4, -0.2) is 93.5 Å². The number of nitrogens with one attached hydrogen (secondary N) is 3. The predicted octanol–water partition coefficient (Wildman–Crippen LogP) is -3.92. The lowest BCUT2D eigenvalue weighted by molar-refractivity contribution is -0.143. The molecule has 0 aromatic rings. The number of carboxylic acid groups (broad SMARTS) is 2. The third-order valence-electron chi connectivity index (χ3n) is 4.48. The minimum absolute atomic E-state index is 0.0138. The van der Waals surface area contributed by atoms with E-state index < -0.39 is 66.4 Å². The number of hydrogen-bond donors (Lipinski definition) is 10. The van der Waals surface area contributed by atoms with Gasteiger partial charge in [0.2, 0.25) is 17.7 Å². The molecule has 0 saturated heterocycles. The van der Waals surface area contributed by atoms with Crippen molar-refractivity contribution in [2.24, 2.45) is 22.2 Å². The fraction of sp³-hybridized carbons (Fsp3) is 0.667. The maximum Gasteiger partial charge on any atom is 0.326 e. The van der Waals surface area contributed by atoms with Crippen molar-refractivity contribution in [2.45, 2.75) is 62.9 Å². The number of carbonyl (C=O) groups is 5. The molecule has 0 aromatic carbocycles. The van der Waals surface area contributed by atoms with E-state index in [1.165, 1.54) is 6.92 Å². The van der Waals surface area contributed by atoms with E-state index in [9.17, 15) is 34.2 Å². The van der Waals surface area contributed by atoms with Crippen LogP contribution >= 0.6 is 12.6 Å². The molecular formula is C18H33N7O8S. The van der Waals surface area contributed by atoms with Gasteiger partial charge in [-0.2, -0.15) is 12.6 Å². The van der Waals surface area contributed by atoms with E-state index in [1.807, 2.05) is 0 Å². The lowest BCUT2D eigenvalue weighted by atomic mass is 10.1. The van der Waals surface area contributed by atoms with Gasteiger partial charge in [0.15, 0.2) is 5.96 Å². The summed E-state index contributed by atoms with van der Waals surface area (Å²) in [6.07, 6.45) is -1.86. The Kier molecular flexibility index (Phi) is 14.2. The Bertz CT molecular complexity index is 761. The fourth-order valence-corrected chi connectivity index (χ4v) is 2.78. The Morgan fingerprint density at radius 3 is 1.91 bits per heavy atom. The van der Waals surface area contributed by atoms with E-state index in [0.717, 1.165) is 0 Å². The van der Waals surface area contributed by atoms with Gasteiger partial charge in [-0.3, -0.25) is 24.2 Å². The predicted molar refractivity (Wildman–Crippen MR) is 124 cm³/mol. The van der Waals surface area contributed by atoms with Crippen LogP contribution < -0.4 is 33.2 Å². The molecule has 0 aliphatic heterocycles. The quantitative estimate of drug-likeness (QED) is 0.0417. The number of hydrogen-bond acceptors (Lipinski definition) is 9. The van der Waals surface area contributed by atoms with Crippen molar-refractivity contribution in [1.29, 1.82) is 0 Å². The molecule has 0 rings (SSSR count). The average Bonchev–Trinajstić information content (AvgIpc) is 2.75. The first-order valence-electron chi connectivity index (χ1n) is 10.3. The standard InChI is InChI=1S/C18H33N7O8S/c1-8(26)13(19)16(31)25-11(7-34)15(30)23-9(3-2-6-22-18(20)21)14(29)24-10(17(32)33)4-5-12(27)28/h8-11,13,26,34H,2-7,19H2,1H3,(H,23,30)(H,24,29)(H,25,31)(H,27,28)(H,32,33)(H4,20,21,22). The van der Waals surface area contributed by atoms with Crippen molar-refractivity contribution >= 4 is 48.2 Å². The summed E-state index contributed by atoms with van der Waals surface area (Å²) in [7, 11) is 0. The highest BCUT2D eigenvalue weighted by Gasteiger charge is 2.30. The van der Waals surface area contributed by atoms with Crippen LogP contribution in [0.25, 0.3) is 0 Å². The van der Waals surface area contributed by atoms with Gasteiger partial charge in [0.25, 0.3) is 0 Å². The molecule has 5 atom stereocenters. The number of thiol groups is 1. The highest BCUT2D eigenvalue weighted by molar-refractivity contribution is 7.80. The molecule has 0 aliphatic carbocycles. The molecule has 16 heteroatoms. The number of amides is 3. The van der Waals surface area contributed by atoms with Crippen molar-refractivity contribution in [2.75, 3.05) is 12.3 Å². The molecule has 0 aromatic heterocycles. The number of guanidine groups is 1. The Morgan fingerprint density at radius 2 is 1.44 bits per heavy atom. The zero-order valence-electron chi connectivity index (χ0n) is 18.6. The van der Waals surface area contributed by atoms with Gasteiger partial charge in [0.1, 0.15) is 24.2 Å². The SMILES string of the molecule is CC(O)C(N)C(=O)NC(CS)C(=O)NC(CCCN=C(N)N)C(=O)NC(CCC(=O)O)C(=O)O. The lowest BCUT2D eigenvalue weighted by Gasteiger charge is -2.24. The van der Waals surface area contributed by atoms with E-state index in [1.54, 1.807) is 0 Å². The molecule has 12 N–H and O–H groups in total. The Hall–Kier alpha value is -3.11. The number of aliphatic carboxylic acids is 2. The third kappa shape index (κ3) is 12.2. The molecule has 0 radical (unpaired) electrons. The zero-order chi connectivity index (χ0) is 26.4. The zero-order valence-corrected chi connectivity index (χ0v) is 19.5. The number of nitrogens with zero attached hydrogens (tertiary/aromatic N) is 1. The number of aliphatic hydroxyl groups is 1. The summed E-state index contributed by atoms with van der Waals surface area (Å²) < 4.78 is 0. The summed E-state index contributed by atoms with van der Waals surface area (Å²) >= 11 is 4.00. The van der Waals surface area contributed by atoms with Crippen LogP contribution in [0.1, 0.15) is 32.6 Å². The van der Waals surface area contributed by atoms with Crippen LogP contribution in [0.3, 0.4) is 0 Å². The van der Waals surface area contributed by atoms with Crippen LogP contribution in [0.4, 0.5) is 0 Å². The van der Waals surface area contributed by atoms with Crippen molar-refractivity contribution in [3.8, 4) is 0 Å². The number of aliphatic hydroxyl groups excluding tert-OH is 1. The molecule has 34 heavy (non-hydrogen) atoms. The normalized spacial score (nSPS) is 15.1. The summed E-state index contributed by atoms with van der Waals surface area (Å²) in [5.41, 5.74) is 16.0. The van der Waals surface area contributed by atoms with Crippen molar-refractivity contribution in [3.05, 3.63) is 0 Å². The van der Waals surface area contributed by atoms with Crippen LogP contribution in [0, 0.1) is 0 Å². The lowest BCUT2D eigenvalue weighted by Crippen LogP contribution is -2.58. The summed E-state index contributed by atoms with van der Waals surface area (Å²) in [5, 5.41) is 34.4. The Balaban J connectivity index is 5.44. The van der Waals surface area contributed by atoms with Crippen molar-refractivity contribution < 1.29 is 39.3 Å². The third-order valence-corrected chi connectivity index (χ3v) is 4.84. The highest BCUT2D eigenvalue weighted by Crippen LogP contribution is 2.04. The minimum atomic E-state index is -1.51. The molecule has 0 heterocycles. The second-order valence-corrected chi connectivity index (χ2v) is 7.72. The summed E-state index contributed by atoms with van der Waals surface area (Å²) in [6.45, 7) is 1.40. The molecular weight excluding hydrogens is 474 g/mol. The van der Waals surface area contributed by atoms with Gasteiger partial charge in [-0.1, -0.05) is 0 Å². The topological polar surface area (TPSA) is 273 Å². The number of rotatable bonds is 16. The first kappa shape index (κ1) is 30.9. The smallest absolute Gasteiger partial charge is 0.326 e. The van der Waals surface area contributed by atoms with Crippen LogP contribution in [0.2, 0.25) is 0 Å². The van der Waals surface area contributed by atoms with Crippen LogP contribution in [0.5, 0.6) is 0 Å². The molecule has 194 valence electrons. The summed E-state index contributed by atoms with van der Waals surface area (Å²) in [6, 6.07) is -5.31. The molecule has 0 bridgehead atoms. The molecule has 0 aliphatic rings. The van der Waals surface area contributed by atoms with E-state index in [4.69, 9.17) is 22.3 Å². The van der Waals surface area contributed by atoms with Gasteiger partial charge in [-0.25, -0.2) is 4.79 Å². The highest BCUT2D eigenvalue weighted by atomic mass is 32.1. The summed E-state index contributed by atoms with van der Waals surface area (Å²) in [5.74, 6) is -5.59. The van der Waals surface area contributed by atoms with Gasteiger partial charge in [-0.05, 0) is 26.2 Å². The molecule has 0 fully saturated rings. The van der Waals surface area contributed by atoms with Crippen LogP contribution in [-0.2, 0) is 24.0 Å². The minimum Gasteiger partial charge on any atom is -0.481 e. The molecule has 0 spiro atoms. The number of nitrogens with two attached hydrogens (primary N) is 3. The number of carboxylic acids is 2. The van der Waals surface area contributed by atoms with Crippen molar-refractivity contribution in [1.82, 2.24) is 16.0 Å². The largest absolute Gasteiger partial charge is 0.481 e. The maximum atomic E-state index is 12.7. The van der Waals surface area contributed by atoms with Gasteiger partial charge in [0.05, 0.1) is 6.10 Å². The average molecular weight is 508 g/mol. The van der Waals surface area contributed by atoms with E-state index in [0.29, 0.717) is 0 Å². The number of carbonyl (C=O) groups excluding carboxylic acids is 3. The Morgan fingerprint density at radius 1 is 0.912 bits per heavy atom. The Labute approximate surface area is 201 Å². The van der Waals surface area contributed by atoms with Gasteiger partial charge in [0, 0.05) is 18.7 Å². The molecule has 15 nitrogen and oxygen atoms in total. The van der Waals surface area contributed by atoms with Gasteiger partial charge >= 0.3 is 11.9 Å². The maximum absolute atomic E-state index is 12.7. The molecule has 5 unspecified atom stereocenters. The second kappa shape index (κ2) is 15.7. The van der Waals surface area contributed by atoms with Gasteiger partial charge in [-0.15, -0.1) is 0 Å². The first-order chi connectivity index (χ1) is 15.8.